The van der Waals surface area contributed by atoms with Gasteiger partial charge in [0, 0.05) is 36.3 Å². The van der Waals surface area contributed by atoms with Crippen molar-refractivity contribution in [3.63, 3.8) is 0 Å². The van der Waals surface area contributed by atoms with Crippen LogP contribution in [0, 0.1) is 11.6 Å². The van der Waals surface area contributed by atoms with E-state index in [0.29, 0.717) is 17.5 Å². The predicted molar refractivity (Wildman–Crippen MR) is 104 cm³/mol. The Morgan fingerprint density at radius 1 is 1.18 bits per heavy atom. The third-order valence-electron chi connectivity index (χ3n) is 3.62. The van der Waals surface area contributed by atoms with E-state index in [1.165, 1.54) is 17.8 Å². The van der Waals surface area contributed by atoms with Crippen molar-refractivity contribution in [3.8, 4) is 11.4 Å². The fourth-order valence-electron chi connectivity index (χ4n) is 2.42. The number of halogens is 2. The zero-order valence-electron chi connectivity index (χ0n) is 15.0. The quantitative estimate of drug-likeness (QED) is 0.480. The van der Waals surface area contributed by atoms with E-state index in [1.54, 1.807) is 12.4 Å². The van der Waals surface area contributed by atoms with Crippen LogP contribution in [0.4, 0.5) is 14.5 Å². The number of nitrogens with one attached hydrogen (secondary N) is 1. The minimum absolute atomic E-state index is 0.0314. The third kappa shape index (κ3) is 4.80. The molecule has 0 spiro atoms. The first-order valence-corrected chi connectivity index (χ1v) is 9.28. The molecule has 0 bridgehead atoms. The monoisotopic (exact) mass is 401 g/mol. The lowest BCUT2D eigenvalue weighted by Gasteiger charge is -2.10. The molecule has 9 heteroatoms. The van der Waals surface area contributed by atoms with Gasteiger partial charge in [-0.25, -0.2) is 8.78 Å². The normalized spacial score (nSPS) is 10.7. The van der Waals surface area contributed by atoms with Crippen molar-refractivity contribution in [3.05, 3.63) is 66.5 Å². The predicted octanol–water partition coefficient (Wildman–Crippen LogP) is 3.93. The average Bonchev–Trinajstić information content (AvgIpc) is 3.05. The Kier molecular flexibility index (Phi) is 6.15. The summed E-state index contributed by atoms with van der Waals surface area (Å²) < 4.78 is 28.1. The van der Waals surface area contributed by atoms with Crippen molar-refractivity contribution < 1.29 is 13.6 Å². The number of amides is 1. The second kappa shape index (κ2) is 8.75. The molecule has 0 aliphatic rings. The van der Waals surface area contributed by atoms with Crippen LogP contribution in [-0.2, 0) is 11.3 Å². The van der Waals surface area contributed by atoms with E-state index in [9.17, 15) is 13.6 Å². The SMILES string of the molecule is C=C(C)Cn1c(SCC(=O)Nc2ccc(F)c(F)c2)nnc1-c1ccncc1. The van der Waals surface area contributed by atoms with Crippen LogP contribution in [0.1, 0.15) is 6.92 Å². The molecule has 1 N–H and O–H groups in total. The second-order valence-electron chi connectivity index (χ2n) is 6.05. The standard InChI is InChI=1S/C19H17F2N5OS/c1-12(2)10-26-18(13-5-7-22-8-6-13)24-25-19(26)28-11-17(27)23-14-3-4-15(20)16(21)9-14/h3-9H,1,10-11H2,2H3,(H,23,27). The maximum absolute atomic E-state index is 13.3. The second-order valence-corrected chi connectivity index (χ2v) is 6.99. The van der Waals surface area contributed by atoms with E-state index in [1.807, 2.05) is 23.6 Å². The van der Waals surface area contributed by atoms with Crippen LogP contribution in [0.25, 0.3) is 11.4 Å². The number of hydrogen-bond acceptors (Lipinski definition) is 5. The summed E-state index contributed by atoms with van der Waals surface area (Å²) in [4.78, 5) is 16.2. The smallest absolute Gasteiger partial charge is 0.234 e. The molecule has 0 aliphatic carbocycles. The summed E-state index contributed by atoms with van der Waals surface area (Å²) in [6.07, 6.45) is 3.33. The van der Waals surface area contributed by atoms with Gasteiger partial charge in [0.15, 0.2) is 22.6 Å². The summed E-state index contributed by atoms with van der Waals surface area (Å²) in [5.74, 6) is -1.68. The van der Waals surface area contributed by atoms with E-state index in [4.69, 9.17) is 0 Å². The molecule has 0 saturated heterocycles. The van der Waals surface area contributed by atoms with Crippen molar-refractivity contribution in [1.82, 2.24) is 19.7 Å². The molecule has 28 heavy (non-hydrogen) atoms. The minimum Gasteiger partial charge on any atom is -0.325 e. The van der Waals surface area contributed by atoms with E-state index < -0.39 is 11.6 Å². The molecule has 1 amide bonds. The Morgan fingerprint density at radius 2 is 1.93 bits per heavy atom. The largest absolute Gasteiger partial charge is 0.325 e. The first-order chi connectivity index (χ1) is 13.4. The van der Waals surface area contributed by atoms with Gasteiger partial charge in [-0.1, -0.05) is 23.9 Å². The highest BCUT2D eigenvalue weighted by Gasteiger charge is 2.16. The van der Waals surface area contributed by atoms with Gasteiger partial charge in [0.2, 0.25) is 5.91 Å². The van der Waals surface area contributed by atoms with Crippen LogP contribution in [0.5, 0.6) is 0 Å². The molecule has 0 radical (unpaired) electrons. The molecule has 1 aromatic carbocycles. The van der Waals surface area contributed by atoms with E-state index in [-0.39, 0.29) is 17.3 Å². The first kappa shape index (κ1) is 19.7. The van der Waals surface area contributed by atoms with E-state index in [0.717, 1.165) is 23.3 Å². The molecule has 144 valence electrons. The van der Waals surface area contributed by atoms with Crippen LogP contribution in [0.15, 0.2) is 60.0 Å². The lowest BCUT2D eigenvalue weighted by Crippen LogP contribution is -2.15. The highest BCUT2D eigenvalue weighted by molar-refractivity contribution is 7.99. The van der Waals surface area contributed by atoms with Crippen LogP contribution in [-0.4, -0.2) is 31.4 Å². The molecule has 0 saturated carbocycles. The Labute approximate surface area is 164 Å². The van der Waals surface area contributed by atoms with Gasteiger partial charge < -0.3 is 5.32 Å². The molecule has 6 nitrogen and oxygen atoms in total. The van der Waals surface area contributed by atoms with Crippen LogP contribution in [0.2, 0.25) is 0 Å². The highest BCUT2D eigenvalue weighted by atomic mass is 32.2. The average molecular weight is 401 g/mol. The molecule has 2 aromatic heterocycles. The number of benzene rings is 1. The molecule has 0 aliphatic heterocycles. The van der Waals surface area contributed by atoms with Crippen molar-refractivity contribution in [2.75, 3.05) is 11.1 Å². The van der Waals surface area contributed by atoms with Crippen LogP contribution < -0.4 is 5.32 Å². The van der Waals surface area contributed by atoms with Gasteiger partial charge in [0.05, 0.1) is 5.75 Å². The van der Waals surface area contributed by atoms with Gasteiger partial charge >= 0.3 is 0 Å². The van der Waals surface area contributed by atoms with Crippen molar-refractivity contribution in [2.45, 2.75) is 18.6 Å². The van der Waals surface area contributed by atoms with Gasteiger partial charge in [-0.05, 0) is 31.2 Å². The number of pyridine rings is 1. The Bertz CT molecular complexity index is 1010. The number of hydrogen-bond donors (Lipinski definition) is 1. The lowest BCUT2D eigenvalue weighted by molar-refractivity contribution is -0.113. The summed E-state index contributed by atoms with van der Waals surface area (Å²) in [7, 11) is 0. The summed E-state index contributed by atoms with van der Waals surface area (Å²) in [6.45, 7) is 6.32. The van der Waals surface area contributed by atoms with Crippen molar-refractivity contribution in [2.24, 2.45) is 0 Å². The number of carbonyl (C=O) groups excluding carboxylic acids is 1. The molecule has 2 heterocycles. The summed E-state index contributed by atoms with van der Waals surface area (Å²) >= 11 is 1.19. The molecule has 0 unspecified atom stereocenters. The number of anilines is 1. The van der Waals surface area contributed by atoms with Crippen LogP contribution >= 0.6 is 11.8 Å². The number of nitrogens with zero attached hydrogens (tertiary/aromatic N) is 4. The molecule has 3 aromatic rings. The number of thioether (sulfide) groups is 1. The Morgan fingerprint density at radius 3 is 2.61 bits per heavy atom. The number of carbonyl (C=O) groups is 1. The summed E-state index contributed by atoms with van der Waals surface area (Å²) in [5, 5.41) is 11.5. The zero-order chi connectivity index (χ0) is 20.1. The van der Waals surface area contributed by atoms with Gasteiger partial charge in [-0.15, -0.1) is 10.2 Å². The molecule has 3 rings (SSSR count). The van der Waals surface area contributed by atoms with E-state index >= 15 is 0 Å². The highest BCUT2D eigenvalue weighted by Crippen LogP contribution is 2.25. The number of allylic oxidation sites excluding steroid dienone is 1. The lowest BCUT2D eigenvalue weighted by atomic mass is 10.2. The summed E-state index contributed by atoms with van der Waals surface area (Å²) in [6, 6.07) is 6.84. The van der Waals surface area contributed by atoms with E-state index in [2.05, 4.69) is 27.1 Å². The zero-order valence-corrected chi connectivity index (χ0v) is 15.8. The fraction of sp³-hybridized carbons (Fsp3) is 0.158. The number of aromatic nitrogens is 4. The maximum atomic E-state index is 13.3. The molecule has 0 atom stereocenters. The maximum Gasteiger partial charge on any atom is 0.234 e. The van der Waals surface area contributed by atoms with Gasteiger partial charge in [-0.3, -0.25) is 14.3 Å². The Hall–Kier alpha value is -3.07. The topological polar surface area (TPSA) is 72.7 Å². The number of rotatable bonds is 7. The summed E-state index contributed by atoms with van der Waals surface area (Å²) in [5.41, 5.74) is 1.94. The Balaban J connectivity index is 1.73. The van der Waals surface area contributed by atoms with Crippen LogP contribution in [0.3, 0.4) is 0 Å². The molecular formula is C19H17F2N5OS. The van der Waals surface area contributed by atoms with Crippen molar-refractivity contribution in [1.29, 1.82) is 0 Å². The van der Waals surface area contributed by atoms with Gasteiger partial charge in [0.25, 0.3) is 0 Å². The molecular weight excluding hydrogens is 384 g/mol. The van der Waals surface area contributed by atoms with Gasteiger partial charge in [0.1, 0.15) is 0 Å². The third-order valence-corrected chi connectivity index (χ3v) is 4.59. The molecule has 0 fully saturated rings. The fourth-order valence-corrected chi connectivity index (χ4v) is 3.16. The van der Waals surface area contributed by atoms with Gasteiger partial charge in [-0.2, -0.15) is 0 Å². The van der Waals surface area contributed by atoms with Crippen molar-refractivity contribution >= 4 is 23.4 Å². The first-order valence-electron chi connectivity index (χ1n) is 8.29. The minimum atomic E-state index is -1.02.